The normalized spacial score (nSPS) is 11.2. The Bertz CT molecular complexity index is 608. The number of rotatable bonds is 4. The van der Waals surface area contributed by atoms with Gasteiger partial charge in [0.1, 0.15) is 11.5 Å². The van der Waals surface area contributed by atoms with Crippen molar-refractivity contribution in [3.05, 3.63) is 47.7 Å². The van der Waals surface area contributed by atoms with Crippen LogP contribution >= 0.6 is 0 Å². The van der Waals surface area contributed by atoms with E-state index in [1.54, 1.807) is 30.5 Å². The highest BCUT2D eigenvalue weighted by molar-refractivity contribution is 5.89. The van der Waals surface area contributed by atoms with Gasteiger partial charge in [-0.2, -0.15) is 0 Å². The van der Waals surface area contributed by atoms with Gasteiger partial charge in [0.15, 0.2) is 6.61 Å². The van der Waals surface area contributed by atoms with E-state index in [9.17, 15) is 4.79 Å². The quantitative estimate of drug-likeness (QED) is 0.808. The van der Waals surface area contributed by atoms with Gasteiger partial charge in [-0.05, 0) is 24.3 Å². The van der Waals surface area contributed by atoms with Crippen LogP contribution in [0.2, 0.25) is 0 Å². The zero-order valence-corrected chi connectivity index (χ0v) is 12.7. The smallest absolute Gasteiger partial charge is 0.337 e. The summed E-state index contributed by atoms with van der Waals surface area (Å²) >= 11 is 0. The summed E-state index contributed by atoms with van der Waals surface area (Å²) in [6, 6.07) is 6.72. The number of hydrogen-bond acceptors (Lipinski definition) is 5. The third-order valence-electron chi connectivity index (χ3n) is 2.93. The number of hydrogen-bond donors (Lipinski definition) is 0. The van der Waals surface area contributed by atoms with Crippen molar-refractivity contribution in [1.29, 1.82) is 0 Å². The van der Waals surface area contributed by atoms with E-state index in [1.807, 2.05) is 0 Å². The first kappa shape index (κ1) is 15.1. The second-order valence-electron chi connectivity index (χ2n) is 5.67. The lowest BCUT2D eigenvalue weighted by atomic mass is 9.94. The molecule has 0 aliphatic carbocycles. The third-order valence-corrected chi connectivity index (χ3v) is 2.93. The van der Waals surface area contributed by atoms with Crippen LogP contribution < -0.4 is 4.74 Å². The molecule has 0 unspecified atom stereocenters. The summed E-state index contributed by atoms with van der Waals surface area (Å²) in [7, 11) is 1.35. The molecular formula is C16H19NO4. The molecule has 112 valence electrons. The van der Waals surface area contributed by atoms with Gasteiger partial charge in [-0.3, -0.25) is 0 Å². The molecule has 0 aliphatic heterocycles. The van der Waals surface area contributed by atoms with E-state index in [2.05, 4.69) is 30.5 Å². The van der Waals surface area contributed by atoms with Gasteiger partial charge in [0.2, 0.25) is 5.89 Å². The average molecular weight is 289 g/mol. The van der Waals surface area contributed by atoms with Crippen molar-refractivity contribution in [2.24, 2.45) is 0 Å². The summed E-state index contributed by atoms with van der Waals surface area (Å²) < 4.78 is 15.9. The molecule has 1 aromatic carbocycles. The van der Waals surface area contributed by atoms with Crippen LogP contribution in [0.5, 0.6) is 5.75 Å². The Hall–Kier alpha value is -2.30. The fourth-order valence-electron chi connectivity index (χ4n) is 1.67. The summed E-state index contributed by atoms with van der Waals surface area (Å²) in [6.07, 6.45) is 1.72. The van der Waals surface area contributed by atoms with Gasteiger partial charge in [-0.15, -0.1) is 0 Å². The molecule has 0 bridgehead atoms. The molecule has 0 spiro atoms. The Labute approximate surface area is 123 Å². The molecule has 1 aromatic heterocycles. The zero-order valence-electron chi connectivity index (χ0n) is 12.7. The Morgan fingerprint density at radius 1 is 1.24 bits per heavy atom. The SMILES string of the molecule is COC(=O)c1ccc(OCc2ncc(C(C)(C)C)o2)cc1. The van der Waals surface area contributed by atoms with Crippen molar-refractivity contribution >= 4 is 5.97 Å². The van der Waals surface area contributed by atoms with E-state index in [4.69, 9.17) is 9.15 Å². The number of benzene rings is 1. The molecular weight excluding hydrogens is 270 g/mol. The van der Waals surface area contributed by atoms with E-state index in [1.165, 1.54) is 7.11 Å². The van der Waals surface area contributed by atoms with Crippen molar-refractivity contribution < 1.29 is 18.7 Å². The monoisotopic (exact) mass is 289 g/mol. The van der Waals surface area contributed by atoms with Gasteiger partial charge >= 0.3 is 5.97 Å². The minimum Gasteiger partial charge on any atom is -0.484 e. The van der Waals surface area contributed by atoms with Crippen molar-refractivity contribution in [3.8, 4) is 5.75 Å². The molecule has 0 atom stereocenters. The minimum absolute atomic E-state index is 0.0760. The third kappa shape index (κ3) is 3.84. The van der Waals surface area contributed by atoms with E-state index in [0.717, 1.165) is 5.76 Å². The topological polar surface area (TPSA) is 61.6 Å². The molecule has 0 amide bonds. The van der Waals surface area contributed by atoms with Gasteiger partial charge in [0, 0.05) is 5.41 Å². The highest BCUT2D eigenvalue weighted by Gasteiger charge is 2.19. The average Bonchev–Trinajstić information content (AvgIpc) is 2.94. The summed E-state index contributed by atoms with van der Waals surface area (Å²) in [5, 5.41) is 0. The number of methoxy groups -OCH3 is 1. The predicted molar refractivity (Wildman–Crippen MR) is 77.3 cm³/mol. The number of carbonyl (C=O) groups is 1. The molecule has 2 rings (SSSR count). The number of nitrogens with zero attached hydrogens (tertiary/aromatic N) is 1. The van der Waals surface area contributed by atoms with Crippen LogP contribution in [-0.4, -0.2) is 18.1 Å². The summed E-state index contributed by atoms with van der Waals surface area (Å²) in [5.41, 5.74) is 0.406. The van der Waals surface area contributed by atoms with Crippen molar-refractivity contribution in [3.63, 3.8) is 0 Å². The minimum atomic E-state index is -0.371. The van der Waals surface area contributed by atoms with Crippen molar-refractivity contribution in [2.75, 3.05) is 7.11 Å². The molecule has 1 heterocycles. The van der Waals surface area contributed by atoms with E-state index in [-0.39, 0.29) is 18.0 Å². The van der Waals surface area contributed by atoms with Crippen LogP contribution in [0, 0.1) is 0 Å². The second-order valence-corrected chi connectivity index (χ2v) is 5.67. The van der Waals surface area contributed by atoms with Gasteiger partial charge in [-0.25, -0.2) is 9.78 Å². The molecule has 0 saturated heterocycles. The van der Waals surface area contributed by atoms with Crippen molar-refractivity contribution in [2.45, 2.75) is 32.8 Å². The van der Waals surface area contributed by atoms with Crippen LogP contribution in [0.15, 0.2) is 34.9 Å². The fraction of sp³-hybridized carbons (Fsp3) is 0.375. The number of ether oxygens (including phenoxy) is 2. The van der Waals surface area contributed by atoms with Crippen LogP contribution in [0.1, 0.15) is 42.8 Å². The lowest BCUT2D eigenvalue weighted by Gasteiger charge is -2.13. The van der Waals surface area contributed by atoms with Gasteiger partial charge in [0.25, 0.3) is 0 Å². The Balaban J connectivity index is 1.97. The Morgan fingerprint density at radius 3 is 2.43 bits per heavy atom. The highest BCUT2D eigenvalue weighted by Crippen LogP contribution is 2.23. The van der Waals surface area contributed by atoms with E-state index in [0.29, 0.717) is 17.2 Å². The molecule has 5 nitrogen and oxygen atoms in total. The summed E-state index contributed by atoms with van der Waals surface area (Å²) in [5.74, 6) is 1.61. The zero-order chi connectivity index (χ0) is 15.5. The van der Waals surface area contributed by atoms with Crippen LogP contribution in [-0.2, 0) is 16.8 Å². The molecule has 0 N–H and O–H groups in total. The first-order valence-electron chi connectivity index (χ1n) is 6.66. The van der Waals surface area contributed by atoms with E-state index >= 15 is 0 Å². The standard InChI is InChI=1S/C16H19NO4/c1-16(2,3)13-9-17-14(21-13)10-20-12-7-5-11(6-8-12)15(18)19-4/h5-9H,10H2,1-4H3. The molecule has 0 radical (unpaired) electrons. The van der Waals surface area contributed by atoms with Gasteiger partial charge in [-0.1, -0.05) is 20.8 Å². The Morgan fingerprint density at radius 2 is 1.90 bits per heavy atom. The lowest BCUT2D eigenvalue weighted by Crippen LogP contribution is -2.09. The number of carbonyl (C=O) groups excluding carboxylic acids is 1. The maximum absolute atomic E-state index is 11.3. The first-order valence-corrected chi connectivity index (χ1v) is 6.66. The number of oxazole rings is 1. The predicted octanol–water partition coefficient (Wildman–Crippen LogP) is 3.34. The maximum atomic E-state index is 11.3. The molecule has 0 aliphatic rings. The maximum Gasteiger partial charge on any atom is 0.337 e. The number of esters is 1. The fourth-order valence-corrected chi connectivity index (χ4v) is 1.67. The van der Waals surface area contributed by atoms with Crippen molar-refractivity contribution in [1.82, 2.24) is 4.98 Å². The van der Waals surface area contributed by atoms with Crippen LogP contribution in [0.4, 0.5) is 0 Å². The lowest BCUT2D eigenvalue weighted by molar-refractivity contribution is 0.0600. The molecule has 0 fully saturated rings. The Kier molecular flexibility index (Phi) is 4.31. The second kappa shape index (κ2) is 5.99. The number of aromatic nitrogens is 1. The van der Waals surface area contributed by atoms with Gasteiger partial charge < -0.3 is 13.9 Å². The highest BCUT2D eigenvalue weighted by atomic mass is 16.5. The van der Waals surface area contributed by atoms with E-state index < -0.39 is 0 Å². The van der Waals surface area contributed by atoms with Crippen LogP contribution in [0.3, 0.4) is 0 Å². The largest absolute Gasteiger partial charge is 0.484 e. The molecule has 0 saturated carbocycles. The van der Waals surface area contributed by atoms with Gasteiger partial charge in [0.05, 0.1) is 18.9 Å². The molecule has 21 heavy (non-hydrogen) atoms. The summed E-state index contributed by atoms with van der Waals surface area (Å²) in [4.78, 5) is 15.5. The van der Waals surface area contributed by atoms with Crippen LogP contribution in [0.25, 0.3) is 0 Å². The molecule has 2 aromatic rings. The summed E-state index contributed by atoms with van der Waals surface area (Å²) in [6.45, 7) is 6.42. The molecule has 5 heteroatoms. The first-order chi connectivity index (χ1) is 9.90.